The van der Waals surface area contributed by atoms with E-state index >= 15 is 0 Å². The molecule has 8 heteroatoms. The SMILES string of the molecule is CC(C)COc1ccc(S(=O)(=O)NCc2ccc(C(O)c3cccs3)s2)cc1. The van der Waals surface area contributed by atoms with Gasteiger partial charge in [0.2, 0.25) is 10.0 Å². The van der Waals surface area contributed by atoms with Crippen LogP contribution in [0.3, 0.4) is 0 Å². The third kappa shape index (κ3) is 5.42. The van der Waals surface area contributed by atoms with Crippen LogP contribution in [0.5, 0.6) is 5.75 Å². The van der Waals surface area contributed by atoms with E-state index in [2.05, 4.69) is 18.6 Å². The number of rotatable bonds is 9. The number of sulfonamides is 1. The zero-order chi connectivity index (χ0) is 20.1. The number of hydrogen-bond donors (Lipinski definition) is 2. The topological polar surface area (TPSA) is 75.6 Å². The van der Waals surface area contributed by atoms with E-state index < -0.39 is 16.1 Å². The van der Waals surface area contributed by atoms with Gasteiger partial charge in [-0.1, -0.05) is 19.9 Å². The van der Waals surface area contributed by atoms with E-state index in [1.807, 2.05) is 29.6 Å². The molecule has 0 aliphatic rings. The number of ether oxygens (including phenoxy) is 1. The first-order valence-corrected chi connectivity index (χ1v) is 12.1. The van der Waals surface area contributed by atoms with Crippen LogP contribution in [0.1, 0.15) is 34.6 Å². The van der Waals surface area contributed by atoms with Crippen LogP contribution in [0.25, 0.3) is 0 Å². The van der Waals surface area contributed by atoms with Gasteiger partial charge in [0.25, 0.3) is 0 Å². The van der Waals surface area contributed by atoms with Gasteiger partial charge in [-0.3, -0.25) is 0 Å². The number of hydrogen-bond acceptors (Lipinski definition) is 6. The molecule has 2 N–H and O–H groups in total. The van der Waals surface area contributed by atoms with Crippen LogP contribution in [0.15, 0.2) is 58.8 Å². The molecule has 1 aromatic carbocycles. The summed E-state index contributed by atoms with van der Waals surface area (Å²) in [6.45, 7) is 4.87. The van der Waals surface area contributed by atoms with E-state index in [9.17, 15) is 13.5 Å². The Morgan fingerprint density at radius 3 is 2.46 bits per heavy atom. The van der Waals surface area contributed by atoms with Gasteiger partial charge in [-0.25, -0.2) is 13.1 Å². The van der Waals surface area contributed by atoms with Crippen LogP contribution < -0.4 is 9.46 Å². The minimum atomic E-state index is -3.62. The Bertz CT molecular complexity index is 977. The van der Waals surface area contributed by atoms with E-state index in [1.54, 1.807) is 24.3 Å². The molecule has 2 aromatic heterocycles. The van der Waals surface area contributed by atoms with Crippen molar-refractivity contribution in [2.45, 2.75) is 31.4 Å². The standard InChI is InChI=1S/C20H23NO4S3/c1-14(2)13-25-15-5-8-17(9-6-15)28(23,24)21-12-16-7-10-19(27-16)20(22)18-4-3-11-26-18/h3-11,14,20-22H,12-13H2,1-2H3. The van der Waals surface area contributed by atoms with E-state index in [0.717, 1.165) is 14.6 Å². The highest BCUT2D eigenvalue weighted by Crippen LogP contribution is 2.31. The fourth-order valence-electron chi connectivity index (χ4n) is 2.45. The van der Waals surface area contributed by atoms with E-state index in [-0.39, 0.29) is 11.4 Å². The van der Waals surface area contributed by atoms with Crippen molar-refractivity contribution in [2.24, 2.45) is 5.92 Å². The number of aliphatic hydroxyl groups excluding tert-OH is 1. The summed E-state index contributed by atoms with van der Waals surface area (Å²) in [7, 11) is -3.62. The third-order valence-corrected chi connectivity index (χ3v) is 7.40. The molecule has 2 heterocycles. The Hall–Kier alpha value is -1.71. The summed E-state index contributed by atoms with van der Waals surface area (Å²) in [5.41, 5.74) is 0. The summed E-state index contributed by atoms with van der Waals surface area (Å²) >= 11 is 2.89. The third-order valence-electron chi connectivity index (χ3n) is 3.92. The monoisotopic (exact) mass is 437 g/mol. The lowest BCUT2D eigenvalue weighted by Gasteiger charge is -2.10. The van der Waals surface area contributed by atoms with Crippen molar-refractivity contribution in [3.63, 3.8) is 0 Å². The molecule has 0 saturated heterocycles. The van der Waals surface area contributed by atoms with Gasteiger partial charge in [0.15, 0.2) is 0 Å². The minimum absolute atomic E-state index is 0.176. The van der Waals surface area contributed by atoms with Gasteiger partial charge >= 0.3 is 0 Å². The average Bonchev–Trinajstić information content (AvgIpc) is 3.36. The molecule has 0 radical (unpaired) electrons. The van der Waals surface area contributed by atoms with Crippen molar-refractivity contribution >= 4 is 32.7 Å². The maximum Gasteiger partial charge on any atom is 0.240 e. The zero-order valence-electron chi connectivity index (χ0n) is 15.7. The van der Waals surface area contributed by atoms with Crippen molar-refractivity contribution in [3.8, 4) is 5.75 Å². The molecular weight excluding hydrogens is 414 g/mol. The summed E-state index contributed by atoms with van der Waals surface area (Å²) in [5, 5.41) is 12.3. The largest absolute Gasteiger partial charge is 0.493 e. The molecule has 0 saturated carbocycles. The van der Waals surface area contributed by atoms with E-state index in [1.165, 1.54) is 22.7 Å². The van der Waals surface area contributed by atoms with Gasteiger partial charge in [-0.05, 0) is 53.8 Å². The fraction of sp³-hybridized carbons (Fsp3) is 0.300. The lowest BCUT2D eigenvalue weighted by atomic mass is 10.2. The summed E-state index contributed by atoms with van der Waals surface area (Å²) in [5.74, 6) is 1.05. The molecule has 0 bridgehead atoms. The van der Waals surface area contributed by atoms with Crippen molar-refractivity contribution in [1.82, 2.24) is 4.72 Å². The van der Waals surface area contributed by atoms with Crippen molar-refractivity contribution in [2.75, 3.05) is 6.61 Å². The van der Waals surface area contributed by atoms with Gasteiger partial charge in [0.1, 0.15) is 11.9 Å². The van der Waals surface area contributed by atoms with Gasteiger partial charge in [0.05, 0.1) is 11.5 Å². The first-order valence-electron chi connectivity index (χ1n) is 8.88. The molecule has 3 aromatic rings. The quantitative estimate of drug-likeness (QED) is 0.520. The fourth-order valence-corrected chi connectivity index (χ4v) is 5.31. The Morgan fingerprint density at radius 1 is 1.07 bits per heavy atom. The second-order valence-corrected chi connectivity index (χ2v) is 10.7. The predicted octanol–water partition coefficient (Wildman–Crippen LogP) is 4.40. The Labute approximate surface area is 173 Å². The number of aliphatic hydroxyl groups is 1. The van der Waals surface area contributed by atoms with Crippen molar-refractivity contribution in [1.29, 1.82) is 0 Å². The molecule has 1 atom stereocenters. The summed E-state index contributed by atoms with van der Waals surface area (Å²) in [6.07, 6.45) is -0.672. The lowest BCUT2D eigenvalue weighted by molar-refractivity contribution is 0.228. The molecular formula is C20H23NO4S3. The molecule has 5 nitrogen and oxygen atoms in total. The van der Waals surface area contributed by atoms with E-state index in [0.29, 0.717) is 18.3 Å². The number of thiophene rings is 2. The van der Waals surface area contributed by atoms with Crippen LogP contribution in [0, 0.1) is 5.92 Å². The van der Waals surface area contributed by atoms with Crippen LogP contribution in [-0.4, -0.2) is 20.1 Å². The molecule has 3 rings (SSSR count). The smallest absolute Gasteiger partial charge is 0.240 e. The molecule has 150 valence electrons. The van der Waals surface area contributed by atoms with Gasteiger partial charge in [-0.2, -0.15) is 0 Å². The number of nitrogens with one attached hydrogen (secondary N) is 1. The highest BCUT2D eigenvalue weighted by molar-refractivity contribution is 7.89. The van der Waals surface area contributed by atoms with Crippen LogP contribution in [0.2, 0.25) is 0 Å². The lowest BCUT2D eigenvalue weighted by Crippen LogP contribution is -2.22. The second kappa shape index (κ2) is 9.19. The second-order valence-electron chi connectivity index (χ2n) is 6.72. The zero-order valence-corrected chi connectivity index (χ0v) is 18.1. The normalized spacial score (nSPS) is 13.0. The maximum atomic E-state index is 12.5. The maximum absolute atomic E-state index is 12.5. The summed E-state index contributed by atoms with van der Waals surface area (Å²) in [4.78, 5) is 2.70. The minimum Gasteiger partial charge on any atom is -0.493 e. The Morgan fingerprint density at radius 2 is 1.82 bits per heavy atom. The molecule has 1 unspecified atom stereocenters. The molecule has 0 aliphatic carbocycles. The van der Waals surface area contributed by atoms with Gasteiger partial charge < -0.3 is 9.84 Å². The van der Waals surface area contributed by atoms with Crippen LogP contribution in [0.4, 0.5) is 0 Å². The first kappa shape index (κ1) is 21.0. The molecule has 0 aliphatic heterocycles. The first-order chi connectivity index (χ1) is 13.3. The highest BCUT2D eigenvalue weighted by Gasteiger charge is 2.17. The van der Waals surface area contributed by atoms with Crippen LogP contribution >= 0.6 is 22.7 Å². The molecule has 28 heavy (non-hydrogen) atoms. The number of benzene rings is 1. The van der Waals surface area contributed by atoms with Gasteiger partial charge in [-0.15, -0.1) is 22.7 Å². The average molecular weight is 438 g/mol. The molecule has 0 spiro atoms. The predicted molar refractivity (Wildman–Crippen MR) is 114 cm³/mol. The summed E-state index contributed by atoms with van der Waals surface area (Å²) < 4.78 is 33.2. The molecule has 0 amide bonds. The van der Waals surface area contributed by atoms with Gasteiger partial charge in [0, 0.05) is 21.2 Å². The van der Waals surface area contributed by atoms with Crippen molar-refractivity contribution in [3.05, 3.63) is 68.5 Å². The van der Waals surface area contributed by atoms with Crippen LogP contribution in [-0.2, 0) is 16.6 Å². The Kier molecular flexibility index (Phi) is 6.90. The summed E-state index contributed by atoms with van der Waals surface area (Å²) in [6, 6.07) is 13.9. The molecule has 0 fully saturated rings. The Balaban J connectivity index is 1.60. The van der Waals surface area contributed by atoms with Crippen molar-refractivity contribution < 1.29 is 18.3 Å². The highest BCUT2D eigenvalue weighted by atomic mass is 32.2. The van der Waals surface area contributed by atoms with E-state index in [4.69, 9.17) is 4.74 Å².